The molecule has 0 aliphatic heterocycles. The summed E-state index contributed by atoms with van der Waals surface area (Å²) in [4.78, 5) is 24.3. The number of unbranched alkanes of at least 4 members (excludes halogenated alkanes) is 27. The number of nitrogens with one attached hydrogen (secondary N) is 1. The Balaban J connectivity index is 3.50. The van der Waals surface area contributed by atoms with Crippen LogP contribution in [0.2, 0.25) is 0 Å². The summed E-state index contributed by atoms with van der Waals surface area (Å²) in [5.74, 6) is -0.109. The minimum Gasteiger partial charge on any atom is -0.466 e. The van der Waals surface area contributed by atoms with Crippen molar-refractivity contribution in [2.24, 2.45) is 0 Å². The first-order chi connectivity index (χ1) is 25.0. The largest absolute Gasteiger partial charge is 0.466 e. The van der Waals surface area contributed by atoms with Crippen LogP contribution in [0.4, 0.5) is 0 Å². The molecule has 0 radical (unpaired) electrons. The van der Waals surface area contributed by atoms with Crippen molar-refractivity contribution in [1.29, 1.82) is 0 Å². The van der Waals surface area contributed by atoms with Crippen LogP contribution < -0.4 is 5.32 Å². The molecule has 6 nitrogen and oxygen atoms in total. The molecule has 3 N–H and O–H groups in total. The first-order valence-electron chi connectivity index (χ1n) is 22.1. The third-order valence-electron chi connectivity index (χ3n) is 9.97. The molecule has 0 saturated carbocycles. The number of carbonyl (C=O) groups excluding carboxylic acids is 2. The van der Waals surface area contributed by atoms with Crippen molar-refractivity contribution in [1.82, 2.24) is 5.32 Å². The highest BCUT2D eigenvalue weighted by Crippen LogP contribution is 2.14. The Kier molecular flexibility index (Phi) is 39.8. The van der Waals surface area contributed by atoms with Gasteiger partial charge in [0.15, 0.2) is 0 Å². The van der Waals surface area contributed by atoms with Gasteiger partial charge in [-0.25, -0.2) is 0 Å². The molecule has 0 spiro atoms. The summed E-state index contributed by atoms with van der Waals surface area (Å²) in [6.07, 6.45) is 45.8. The summed E-state index contributed by atoms with van der Waals surface area (Å²) in [7, 11) is 0. The lowest BCUT2D eigenvalue weighted by Crippen LogP contribution is -2.45. The zero-order valence-corrected chi connectivity index (χ0v) is 33.8. The molecule has 6 heteroatoms. The van der Waals surface area contributed by atoms with Crippen molar-refractivity contribution in [2.45, 2.75) is 238 Å². The lowest BCUT2D eigenvalue weighted by atomic mass is 10.0. The highest BCUT2D eigenvalue weighted by atomic mass is 16.5. The molecule has 0 aromatic rings. The fourth-order valence-corrected chi connectivity index (χ4v) is 6.51. The van der Waals surface area contributed by atoms with Crippen molar-refractivity contribution in [3.05, 3.63) is 24.3 Å². The van der Waals surface area contributed by atoms with E-state index >= 15 is 0 Å². The van der Waals surface area contributed by atoms with Crippen molar-refractivity contribution < 1.29 is 24.5 Å². The van der Waals surface area contributed by atoms with Crippen molar-refractivity contribution >= 4 is 11.9 Å². The van der Waals surface area contributed by atoms with Crippen LogP contribution in [0.5, 0.6) is 0 Å². The number of carbonyl (C=O) groups is 2. The number of hydrogen-bond donors (Lipinski definition) is 3. The number of ether oxygens (including phenoxy) is 1. The molecule has 0 aromatic carbocycles. The van der Waals surface area contributed by atoms with Gasteiger partial charge in [-0.1, -0.05) is 179 Å². The third kappa shape index (κ3) is 37.9. The Hall–Kier alpha value is -1.66. The average Bonchev–Trinajstić information content (AvgIpc) is 3.13. The summed E-state index contributed by atoms with van der Waals surface area (Å²) in [6.45, 7) is 4.80. The maximum atomic E-state index is 12.3. The predicted molar refractivity (Wildman–Crippen MR) is 218 cm³/mol. The van der Waals surface area contributed by atoms with Gasteiger partial charge >= 0.3 is 5.97 Å². The number of aliphatic hydroxyl groups excluding tert-OH is 2. The molecule has 2 unspecified atom stereocenters. The van der Waals surface area contributed by atoms with Crippen LogP contribution in [0.3, 0.4) is 0 Å². The van der Waals surface area contributed by atoms with Gasteiger partial charge in [0.25, 0.3) is 0 Å². The summed E-state index contributed by atoms with van der Waals surface area (Å²) in [5.41, 5.74) is 0. The van der Waals surface area contributed by atoms with Crippen LogP contribution in [0.1, 0.15) is 226 Å². The molecule has 0 fully saturated rings. The molecule has 2 atom stereocenters. The fraction of sp³-hybridized carbons (Fsp3) is 0.867. The van der Waals surface area contributed by atoms with Gasteiger partial charge in [0, 0.05) is 12.8 Å². The van der Waals surface area contributed by atoms with Gasteiger partial charge in [-0.3, -0.25) is 9.59 Å². The standard InChI is InChI=1S/C45H85NO5/c1-3-5-7-9-11-13-15-19-23-27-31-35-39-45(50)51-40-36-32-28-24-20-17-16-18-22-26-30-34-38-44(49)46-42(41-47)43(48)37-33-29-25-21-14-12-10-8-6-4-2/h11,13,33,37,42-43,47-48H,3-10,12,14-32,34-36,38-41H2,1-2H3,(H,46,49)/b13-11-,37-33+. The van der Waals surface area contributed by atoms with E-state index in [9.17, 15) is 19.8 Å². The second kappa shape index (κ2) is 41.1. The van der Waals surface area contributed by atoms with Crippen LogP contribution in [0.15, 0.2) is 24.3 Å². The van der Waals surface area contributed by atoms with Crippen LogP contribution in [0.25, 0.3) is 0 Å². The van der Waals surface area contributed by atoms with E-state index < -0.39 is 12.1 Å². The lowest BCUT2D eigenvalue weighted by Gasteiger charge is -2.20. The van der Waals surface area contributed by atoms with Gasteiger partial charge in [-0.15, -0.1) is 0 Å². The molecule has 300 valence electrons. The molecule has 0 aliphatic rings. The van der Waals surface area contributed by atoms with Gasteiger partial charge < -0.3 is 20.3 Å². The molecule has 0 saturated heterocycles. The number of hydrogen-bond acceptors (Lipinski definition) is 5. The first-order valence-corrected chi connectivity index (χ1v) is 22.1. The highest BCUT2D eigenvalue weighted by molar-refractivity contribution is 5.76. The number of allylic oxidation sites excluding steroid dienone is 3. The predicted octanol–water partition coefficient (Wildman–Crippen LogP) is 12.4. The number of amides is 1. The Morgan fingerprint density at radius 3 is 1.43 bits per heavy atom. The van der Waals surface area contributed by atoms with E-state index in [-0.39, 0.29) is 18.5 Å². The Morgan fingerprint density at radius 2 is 0.922 bits per heavy atom. The van der Waals surface area contributed by atoms with E-state index in [1.807, 2.05) is 6.08 Å². The Morgan fingerprint density at radius 1 is 0.529 bits per heavy atom. The Bertz CT molecular complexity index is 797. The van der Waals surface area contributed by atoms with Crippen LogP contribution in [-0.4, -0.2) is 47.4 Å². The quantitative estimate of drug-likeness (QED) is 0.0333. The van der Waals surface area contributed by atoms with E-state index in [1.165, 1.54) is 141 Å². The van der Waals surface area contributed by atoms with Gasteiger partial charge in [-0.05, 0) is 57.8 Å². The zero-order valence-electron chi connectivity index (χ0n) is 33.8. The highest BCUT2D eigenvalue weighted by Gasteiger charge is 2.18. The van der Waals surface area contributed by atoms with Gasteiger partial charge in [-0.2, -0.15) is 0 Å². The summed E-state index contributed by atoms with van der Waals surface area (Å²) in [5, 5.41) is 22.9. The topological polar surface area (TPSA) is 95.9 Å². The second-order valence-electron chi connectivity index (χ2n) is 15.0. The average molecular weight is 720 g/mol. The smallest absolute Gasteiger partial charge is 0.305 e. The number of aliphatic hydroxyl groups is 2. The molecule has 0 aromatic heterocycles. The minimum atomic E-state index is -0.852. The second-order valence-corrected chi connectivity index (χ2v) is 15.0. The van der Waals surface area contributed by atoms with Crippen LogP contribution in [-0.2, 0) is 14.3 Å². The third-order valence-corrected chi connectivity index (χ3v) is 9.97. The first kappa shape index (κ1) is 49.3. The molecule has 0 aliphatic carbocycles. The normalized spacial score (nSPS) is 12.9. The van der Waals surface area contributed by atoms with Gasteiger partial charge in [0.2, 0.25) is 5.91 Å². The molecule has 0 heterocycles. The maximum Gasteiger partial charge on any atom is 0.305 e. The van der Waals surface area contributed by atoms with Gasteiger partial charge in [0.05, 0.1) is 25.4 Å². The zero-order chi connectivity index (χ0) is 37.3. The molecule has 51 heavy (non-hydrogen) atoms. The number of esters is 1. The monoisotopic (exact) mass is 720 g/mol. The van der Waals surface area contributed by atoms with Crippen molar-refractivity contribution in [3.63, 3.8) is 0 Å². The van der Waals surface area contributed by atoms with Crippen LogP contribution >= 0.6 is 0 Å². The summed E-state index contributed by atoms with van der Waals surface area (Å²) >= 11 is 0. The van der Waals surface area contributed by atoms with E-state index in [2.05, 4.69) is 31.3 Å². The maximum absolute atomic E-state index is 12.3. The van der Waals surface area contributed by atoms with Crippen molar-refractivity contribution in [3.8, 4) is 0 Å². The Labute approximate surface area is 316 Å². The summed E-state index contributed by atoms with van der Waals surface area (Å²) < 4.78 is 5.43. The van der Waals surface area contributed by atoms with Crippen LogP contribution in [0, 0.1) is 0 Å². The molecule has 0 rings (SSSR count). The minimum absolute atomic E-state index is 0.0221. The van der Waals surface area contributed by atoms with Crippen molar-refractivity contribution in [2.75, 3.05) is 13.2 Å². The van der Waals surface area contributed by atoms with E-state index in [4.69, 9.17) is 4.74 Å². The number of rotatable bonds is 40. The lowest BCUT2D eigenvalue weighted by molar-refractivity contribution is -0.143. The van der Waals surface area contributed by atoms with E-state index in [0.717, 1.165) is 57.8 Å². The summed E-state index contributed by atoms with van der Waals surface area (Å²) in [6, 6.07) is -0.637. The van der Waals surface area contributed by atoms with E-state index in [1.54, 1.807) is 6.08 Å². The van der Waals surface area contributed by atoms with E-state index in [0.29, 0.717) is 19.4 Å². The molecular weight excluding hydrogens is 634 g/mol. The fourth-order valence-electron chi connectivity index (χ4n) is 6.51. The molecular formula is C45H85NO5. The van der Waals surface area contributed by atoms with Gasteiger partial charge in [0.1, 0.15) is 0 Å². The molecule has 1 amide bonds. The SMILES string of the molecule is CCCCC/C=C\CCCCCCCC(=O)OCCCCCCCCCCCCCCC(=O)NC(CO)C(O)/C=C/CCCCCCCCCC. The molecule has 0 bridgehead atoms.